The second-order valence-corrected chi connectivity index (χ2v) is 9.73. The summed E-state index contributed by atoms with van der Waals surface area (Å²) in [7, 11) is -4.65. The Bertz CT molecular complexity index is 1150. The van der Waals surface area contributed by atoms with Gasteiger partial charge in [0.2, 0.25) is 0 Å². The standard InChI is InChI=1S/C26H31N2O6P/c1-20(28-33-17-22-9-13-25(14-10-22)24-5-3-2-4-6-24)23-11-7-21(8-12-23)15-16-26(27,18-29)19-34-35(30,31)32/h2-14,29H,15-19,27H2,1H3,(H2,30,31,32)/b28-20+. The Labute approximate surface area is 205 Å². The lowest BCUT2D eigenvalue weighted by Gasteiger charge is -2.27. The first-order valence-corrected chi connectivity index (χ1v) is 12.7. The van der Waals surface area contributed by atoms with Crippen LogP contribution in [0.4, 0.5) is 0 Å². The molecule has 1 unspecified atom stereocenters. The molecule has 0 fully saturated rings. The number of aliphatic hydroxyl groups is 1. The highest BCUT2D eigenvalue weighted by Gasteiger charge is 2.28. The third kappa shape index (κ3) is 8.71. The first kappa shape index (κ1) is 26.8. The van der Waals surface area contributed by atoms with E-state index in [9.17, 15) is 9.67 Å². The van der Waals surface area contributed by atoms with Crippen molar-refractivity contribution in [3.8, 4) is 11.1 Å². The molecule has 0 bridgehead atoms. The van der Waals surface area contributed by atoms with Gasteiger partial charge in [-0.25, -0.2) is 4.57 Å². The van der Waals surface area contributed by atoms with Crippen molar-refractivity contribution in [1.82, 2.24) is 0 Å². The molecule has 0 spiro atoms. The summed E-state index contributed by atoms with van der Waals surface area (Å²) in [5, 5.41) is 13.7. The molecule has 0 saturated heterocycles. The second-order valence-electron chi connectivity index (χ2n) is 8.49. The van der Waals surface area contributed by atoms with Gasteiger partial charge in [-0.1, -0.05) is 84.0 Å². The smallest absolute Gasteiger partial charge is 0.394 e. The first-order valence-electron chi connectivity index (χ1n) is 11.2. The van der Waals surface area contributed by atoms with E-state index in [4.69, 9.17) is 20.4 Å². The van der Waals surface area contributed by atoms with Gasteiger partial charge in [-0.15, -0.1) is 0 Å². The average molecular weight is 499 g/mol. The molecule has 3 aromatic rings. The maximum absolute atomic E-state index is 10.9. The molecule has 35 heavy (non-hydrogen) atoms. The fourth-order valence-corrected chi connectivity index (χ4v) is 3.82. The summed E-state index contributed by atoms with van der Waals surface area (Å²) in [6.07, 6.45) is 0.801. The molecule has 0 heterocycles. The summed E-state index contributed by atoms with van der Waals surface area (Å²) in [6, 6.07) is 26.0. The minimum Gasteiger partial charge on any atom is -0.394 e. The quantitative estimate of drug-likeness (QED) is 0.168. The van der Waals surface area contributed by atoms with Crippen LogP contribution in [-0.2, 0) is 27.0 Å². The maximum atomic E-state index is 10.9. The molecule has 9 heteroatoms. The van der Waals surface area contributed by atoms with E-state index in [1.165, 1.54) is 5.56 Å². The Balaban J connectivity index is 1.50. The third-order valence-electron chi connectivity index (χ3n) is 5.61. The Morgan fingerprint density at radius 1 is 0.943 bits per heavy atom. The van der Waals surface area contributed by atoms with Crippen molar-refractivity contribution in [2.75, 3.05) is 13.2 Å². The van der Waals surface area contributed by atoms with Gasteiger partial charge in [-0.3, -0.25) is 4.52 Å². The van der Waals surface area contributed by atoms with Gasteiger partial charge >= 0.3 is 7.82 Å². The van der Waals surface area contributed by atoms with Crippen LogP contribution < -0.4 is 5.73 Å². The highest BCUT2D eigenvalue weighted by Crippen LogP contribution is 2.36. The Morgan fingerprint density at radius 2 is 1.54 bits per heavy atom. The van der Waals surface area contributed by atoms with Crippen LogP contribution in [0.15, 0.2) is 84.0 Å². The molecular formula is C26H31N2O6P. The lowest BCUT2D eigenvalue weighted by atomic mass is 9.93. The fraction of sp³-hybridized carbons (Fsp3) is 0.269. The Kier molecular flexibility index (Phi) is 9.34. The SMILES string of the molecule is C/C(=N\OCc1ccc(-c2ccccc2)cc1)c1ccc(CCC(N)(CO)COP(=O)(O)O)cc1. The number of nitrogens with two attached hydrogens (primary N) is 1. The molecule has 0 aliphatic rings. The molecule has 0 aromatic heterocycles. The van der Waals surface area contributed by atoms with Crippen molar-refractivity contribution in [3.63, 3.8) is 0 Å². The minimum absolute atomic E-state index is 0.294. The van der Waals surface area contributed by atoms with Crippen molar-refractivity contribution >= 4 is 13.5 Å². The van der Waals surface area contributed by atoms with Crippen molar-refractivity contribution < 1.29 is 28.8 Å². The van der Waals surface area contributed by atoms with E-state index < -0.39 is 26.6 Å². The summed E-state index contributed by atoms with van der Waals surface area (Å²) in [6.45, 7) is 1.33. The van der Waals surface area contributed by atoms with E-state index in [2.05, 4.69) is 33.9 Å². The average Bonchev–Trinajstić information content (AvgIpc) is 2.87. The van der Waals surface area contributed by atoms with E-state index in [1.807, 2.05) is 61.5 Å². The summed E-state index contributed by atoms with van der Waals surface area (Å²) >= 11 is 0. The number of aliphatic hydroxyl groups excluding tert-OH is 1. The monoisotopic (exact) mass is 498 g/mol. The molecule has 0 amide bonds. The zero-order chi connectivity index (χ0) is 25.3. The van der Waals surface area contributed by atoms with Gasteiger partial charge in [0.25, 0.3) is 0 Å². The predicted molar refractivity (Wildman–Crippen MR) is 136 cm³/mol. The minimum atomic E-state index is -4.65. The van der Waals surface area contributed by atoms with Crippen LogP contribution in [0.1, 0.15) is 30.0 Å². The van der Waals surface area contributed by atoms with Crippen molar-refractivity contribution in [1.29, 1.82) is 0 Å². The number of benzene rings is 3. The van der Waals surface area contributed by atoms with Crippen LogP contribution >= 0.6 is 7.82 Å². The molecule has 0 aliphatic carbocycles. The van der Waals surface area contributed by atoms with Crippen LogP contribution in [0.3, 0.4) is 0 Å². The number of rotatable bonds is 12. The molecule has 186 valence electrons. The highest BCUT2D eigenvalue weighted by molar-refractivity contribution is 7.46. The van der Waals surface area contributed by atoms with E-state index in [-0.39, 0.29) is 0 Å². The molecule has 1 atom stereocenters. The van der Waals surface area contributed by atoms with E-state index in [0.29, 0.717) is 19.4 Å². The third-order valence-corrected chi connectivity index (χ3v) is 6.08. The van der Waals surface area contributed by atoms with E-state index in [1.54, 1.807) is 0 Å². The highest BCUT2D eigenvalue weighted by atomic mass is 31.2. The normalized spacial score (nSPS) is 13.9. The molecule has 0 radical (unpaired) electrons. The van der Waals surface area contributed by atoms with Gasteiger partial charge in [0, 0.05) is 0 Å². The van der Waals surface area contributed by atoms with Gasteiger partial charge in [0.15, 0.2) is 0 Å². The van der Waals surface area contributed by atoms with Gasteiger partial charge in [0.1, 0.15) is 6.61 Å². The fourth-order valence-electron chi connectivity index (χ4n) is 3.40. The van der Waals surface area contributed by atoms with Crippen molar-refractivity contribution in [2.24, 2.45) is 10.9 Å². The maximum Gasteiger partial charge on any atom is 0.469 e. The molecule has 5 N–H and O–H groups in total. The van der Waals surface area contributed by atoms with Crippen LogP contribution in [0.2, 0.25) is 0 Å². The second kappa shape index (κ2) is 12.2. The number of phosphoric ester groups is 1. The lowest BCUT2D eigenvalue weighted by Crippen LogP contribution is -2.48. The van der Waals surface area contributed by atoms with Crippen LogP contribution in [0.5, 0.6) is 0 Å². The molecule has 3 aromatic carbocycles. The predicted octanol–water partition coefficient (Wildman–Crippen LogP) is 4.03. The van der Waals surface area contributed by atoms with E-state index >= 15 is 0 Å². The number of phosphoric acid groups is 1. The summed E-state index contributed by atoms with van der Waals surface area (Å²) in [5.41, 5.74) is 10.7. The number of aryl methyl sites for hydroxylation is 1. The lowest BCUT2D eigenvalue weighted by molar-refractivity contribution is 0.102. The molecular weight excluding hydrogens is 467 g/mol. The Hall–Kier alpha value is -2.84. The molecule has 0 aliphatic heterocycles. The largest absolute Gasteiger partial charge is 0.469 e. The van der Waals surface area contributed by atoms with Crippen molar-refractivity contribution in [2.45, 2.75) is 31.9 Å². The first-order chi connectivity index (χ1) is 16.7. The number of hydrogen-bond acceptors (Lipinski definition) is 6. The van der Waals surface area contributed by atoms with Gasteiger partial charge in [-0.2, -0.15) is 0 Å². The van der Waals surface area contributed by atoms with Crippen LogP contribution in [-0.4, -0.2) is 39.4 Å². The van der Waals surface area contributed by atoms with Crippen LogP contribution in [0.25, 0.3) is 11.1 Å². The number of hydrogen-bond donors (Lipinski definition) is 4. The molecule has 8 nitrogen and oxygen atoms in total. The van der Waals surface area contributed by atoms with Crippen molar-refractivity contribution in [3.05, 3.63) is 95.6 Å². The zero-order valence-corrected chi connectivity index (χ0v) is 20.5. The molecule has 3 rings (SSSR count). The van der Waals surface area contributed by atoms with Gasteiger partial charge < -0.3 is 25.5 Å². The van der Waals surface area contributed by atoms with Gasteiger partial charge in [-0.05, 0) is 47.6 Å². The zero-order valence-electron chi connectivity index (χ0n) is 19.6. The van der Waals surface area contributed by atoms with E-state index in [0.717, 1.165) is 28.0 Å². The summed E-state index contributed by atoms with van der Waals surface area (Å²) < 4.78 is 15.4. The summed E-state index contributed by atoms with van der Waals surface area (Å²) in [5.74, 6) is 0. The molecule has 0 saturated carbocycles. The van der Waals surface area contributed by atoms with Gasteiger partial charge in [0.05, 0.1) is 24.5 Å². The number of oxime groups is 1. The topological polar surface area (TPSA) is 135 Å². The number of nitrogens with zero attached hydrogens (tertiary/aromatic N) is 1. The Morgan fingerprint density at radius 3 is 2.14 bits per heavy atom. The summed E-state index contributed by atoms with van der Waals surface area (Å²) in [4.78, 5) is 23.2. The van der Waals surface area contributed by atoms with Crippen LogP contribution in [0, 0.1) is 0 Å².